The highest BCUT2D eigenvalue weighted by atomic mass is 16.5. The molecule has 2 aliphatic rings. The van der Waals surface area contributed by atoms with Gasteiger partial charge >= 0.3 is 0 Å². The van der Waals surface area contributed by atoms with Gasteiger partial charge in [-0.2, -0.15) is 4.98 Å². The zero-order valence-electron chi connectivity index (χ0n) is 18.4. The van der Waals surface area contributed by atoms with Crippen LogP contribution in [0.1, 0.15) is 30.9 Å². The summed E-state index contributed by atoms with van der Waals surface area (Å²) < 4.78 is 7.57. The van der Waals surface area contributed by atoms with Gasteiger partial charge in [0.1, 0.15) is 17.5 Å². The van der Waals surface area contributed by atoms with E-state index in [1.54, 1.807) is 16.9 Å². The number of nitrogens with one attached hydrogen (secondary N) is 1. The van der Waals surface area contributed by atoms with Crippen LogP contribution in [0.5, 0.6) is 5.75 Å². The minimum absolute atomic E-state index is 0.167. The number of benzene rings is 1. The molecule has 1 aromatic carbocycles. The number of nitrogens with zero attached hydrogens (tertiary/aromatic N) is 4. The molecule has 170 valence electrons. The van der Waals surface area contributed by atoms with Crippen molar-refractivity contribution < 1.29 is 9.53 Å². The number of pyridine rings is 1. The van der Waals surface area contributed by atoms with E-state index < -0.39 is 5.92 Å². The van der Waals surface area contributed by atoms with Crippen molar-refractivity contribution in [3.05, 3.63) is 59.9 Å². The molecule has 33 heavy (non-hydrogen) atoms. The molecule has 0 saturated heterocycles. The predicted octanol–water partition coefficient (Wildman–Crippen LogP) is 2.38. The first kappa shape index (κ1) is 21.0. The van der Waals surface area contributed by atoms with Crippen molar-refractivity contribution in [1.82, 2.24) is 19.9 Å². The number of nitrogens with two attached hydrogens (primary N) is 2. The summed E-state index contributed by atoms with van der Waals surface area (Å²) in [4.78, 5) is 21.7. The molecule has 5 N–H and O–H groups in total. The Morgan fingerprint density at radius 3 is 2.88 bits per heavy atom. The Morgan fingerprint density at radius 1 is 1.24 bits per heavy atom. The van der Waals surface area contributed by atoms with Crippen molar-refractivity contribution in [2.24, 2.45) is 28.5 Å². The van der Waals surface area contributed by atoms with Gasteiger partial charge in [-0.15, -0.1) is 5.10 Å². The summed E-state index contributed by atoms with van der Waals surface area (Å²) in [6.07, 6.45) is 5.96. The molecule has 2 unspecified atom stereocenters. The summed E-state index contributed by atoms with van der Waals surface area (Å²) in [6, 6.07) is 11.6. The lowest BCUT2D eigenvalue weighted by Gasteiger charge is -2.28. The number of para-hydroxylation sites is 1. The maximum Gasteiger partial charge on any atom is 0.240 e. The molecule has 0 radical (unpaired) electrons. The van der Waals surface area contributed by atoms with E-state index in [4.69, 9.17) is 16.2 Å². The van der Waals surface area contributed by atoms with Crippen molar-refractivity contribution >= 4 is 28.9 Å². The average Bonchev–Trinajstić information content (AvgIpc) is 3.55. The third-order valence-electron chi connectivity index (χ3n) is 6.23. The molecule has 0 bridgehead atoms. The number of anilines is 1. The van der Waals surface area contributed by atoms with Gasteiger partial charge in [-0.1, -0.05) is 25.1 Å². The standard InChI is InChI=1S/C24H27N7O2/c1-14-18(16-8-9-31-20(10-16)29-24(26)30-31)12-27-22(25)21(14)23(32)28-11-17-4-2-3-5-19(17)33-13-15-6-7-15/h2-5,8-10,12,14-15,21H,6-7,11,13H2,1H3,(H2,25,27)(H2,26,30)(H,28,32). The molecule has 9 nitrogen and oxygen atoms in total. The normalized spacial score (nSPS) is 20.3. The second-order valence-electron chi connectivity index (χ2n) is 8.67. The number of carbonyl (C=O) groups is 1. The average molecular weight is 446 g/mol. The quantitative estimate of drug-likeness (QED) is 0.511. The number of carbonyl (C=O) groups excluding carboxylic acids is 1. The van der Waals surface area contributed by atoms with Crippen LogP contribution in [0.4, 0.5) is 5.95 Å². The van der Waals surface area contributed by atoms with E-state index in [9.17, 15) is 4.79 Å². The van der Waals surface area contributed by atoms with Crippen molar-refractivity contribution in [1.29, 1.82) is 0 Å². The minimum atomic E-state index is -0.580. The molecule has 1 amide bonds. The summed E-state index contributed by atoms with van der Waals surface area (Å²) >= 11 is 0. The van der Waals surface area contributed by atoms with E-state index in [2.05, 4.69) is 20.4 Å². The molecule has 5 rings (SSSR count). The van der Waals surface area contributed by atoms with E-state index in [1.165, 1.54) is 12.8 Å². The zero-order chi connectivity index (χ0) is 22.9. The topological polar surface area (TPSA) is 133 Å². The van der Waals surface area contributed by atoms with Crippen molar-refractivity contribution in [3.63, 3.8) is 0 Å². The largest absolute Gasteiger partial charge is 0.493 e. The van der Waals surface area contributed by atoms with Gasteiger partial charge in [0.05, 0.1) is 6.61 Å². The van der Waals surface area contributed by atoms with E-state index in [1.807, 2.05) is 43.3 Å². The summed E-state index contributed by atoms with van der Waals surface area (Å²) in [5.74, 6) is 1.05. The number of aliphatic imine (C=N–C) groups is 1. The highest BCUT2D eigenvalue weighted by molar-refractivity contribution is 6.05. The number of hydrogen-bond donors (Lipinski definition) is 3. The van der Waals surface area contributed by atoms with Crippen LogP contribution >= 0.6 is 0 Å². The first-order chi connectivity index (χ1) is 16.0. The molecule has 2 atom stereocenters. The number of amidine groups is 1. The molecule has 1 aliphatic heterocycles. The molecular formula is C24H27N7O2. The molecule has 0 spiro atoms. The molecule has 1 fully saturated rings. The van der Waals surface area contributed by atoms with Crippen molar-refractivity contribution in [3.8, 4) is 5.75 Å². The Hall–Kier alpha value is -3.88. The smallest absolute Gasteiger partial charge is 0.240 e. The van der Waals surface area contributed by atoms with E-state index in [0.29, 0.717) is 23.9 Å². The summed E-state index contributed by atoms with van der Waals surface area (Å²) in [5, 5.41) is 7.13. The maximum atomic E-state index is 13.2. The van der Waals surface area contributed by atoms with Gasteiger partial charge in [0, 0.05) is 30.4 Å². The number of aromatic nitrogens is 3. The third-order valence-corrected chi connectivity index (χ3v) is 6.23. The van der Waals surface area contributed by atoms with Gasteiger partial charge in [0.25, 0.3) is 0 Å². The fourth-order valence-corrected chi connectivity index (χ4v) is 4.13. The highest BCUT2D eigenvalue weighted by Gasteiger charge is 2.34. The van der Waals surface area contributed by atoms with Crippen LogP contribution < -0.4 is 21.5 Å². The van der Waals surface area contributed by atoms with Crippen molar-refractivity contribution in [2.75, 3.05) is 12.3 Å². The number of amides is 1. The van der Waals surface area contributed by atoms with Crippen LogP contribution in [0.15, 0.2) is 53.8 Å². The number of hydrogen-bond acceptors (Lipinski definition) is 7. The Balaban J connectivity index is 1.30. The minimum Gasteiger partial charge on any atom is -0.493 e. The predicted molar refractivity (Wildman–Crippen MR) is 126 cm³/mol. The Morgan fingerprint density at radius 2 is 2.06 bits per heavy atom. The number of rotatable bonds is 7. The van der Waals surface area contributed by atoms with Crippen LogP contribution in [0.25, 0.3) is 11.2 Å². The van der Waals surface area contributed by atoms with Gasteiger partial charge in [0.15, 0.2) is 5.65 Å². The summed E-state index contributed by atoms with van der Waals surface area (Å²) in [5.41, 5.74) is 15.2. The van der Waals surface area contributed by atoms with Crippen LogP contribution in [-0.4, -0.2) is 32.9 Å². The molecule has 3 heterocycles. The monoisotopic (exact) mass is 445 g/mol. The molecule has 1 aliphatic carbocycles. The lowest BCUT2D eigenvalue weighted by Crippen LogP contribution is -2.43. The maximum absolute atomic E-state index is 13.2. The van der Waals surface area contributed by atoms with Crippen molar-refractivity contribution in [2.45, 2.75) is 26.3 Å². The number of nitrogen functional groups attached to an aromatic ring is 1. The SMILES string of the molecule is CC1C(c2ccn3nc(N)nc3c2)=CN=C(N)C1C(=O)NCc1ccccc1OCC1CC1. The van der Waals surface area contributed by atoms with E-state index in [-0.39, 0.29) is 17.8 Å². The second kappa shape index (κ2) is 8.57. The first-order valence-electron chi connectivity index (χ1n) is 11.1. The third kappa shape index (κ3) is 4.39. The molecule has 3 aromatic rings. The molecule has 1 saturated carbocycles. The molecule has 2 aromatic heterocycles. The lowest BCUT2D eigenvalue weighted by atomic mass is 9.81. The van der Waals surface area contributed by atoms with Gasteiger partial charge in [-0.05, 0) is 48.1 Å². The number of fused-ring (bicyclic) bond motifs is 1. The van der Waals surface area contributed by atoms with E-state index >= 15 is 0 Å². The van der Waals surface area contributed by atoms with Gasteiger partial charge in [0.2, 0.25) is 11.9 Å². The highest BCUT2D eigenvalue weighted by Crippen LogP contribution is 2.34. The fourth-order valence-electron chi connectivity index (χ4n) is 4.13. The Labute approximate surface area is 191 Å². The fraction of sp³-hybridized carbons (Fsp3) is 0.333. The zero-order valence-corrected chi connectivity index (χ0v) is 18.4. The van der Waals surface area contributed by atoms with Crippen LogP contribution in [0, 0.1) is 17.8 Å². The number of allylic oxidation sites excluding steroid dienone is 1. The van der Waals surface area contributed by atoms with Crippen LogP contribution in [0.2, 0.25) is 0 Å². The second-order valence-corrected chi connectivity index (χ2v) is 8.67. The molecule has 9 heteroatoms. The van der Waals surface area contributed by atoms with Crippen LogP contribution in [-0.2, 0) is 11.3 Å². The summed E-state index contributed by atoms with van der Waals surface area (Å²) in [6.45, 7) is 3.06. The Bertz CT molecular complexity index is 1260. The first-order valence-corrected chi connectivity index (χ1v) is 11.1. The Kier molecular flexibility index (Phi) is 5.45. The summed E-state index contributed by atoms with van der Waals surface area (Å²) in [7, 11) is 0. The van der Waals surface area contributed by atoms with Gasteiger partial charge in [-0.25, -0.2) is 9.51 Å². The van der Waals surface area contributed by atoms with E-state index in [0.717, 1.165) is 29.1 Å². The lowest BCUT2D eigenvalue weighted by molar-refractivity contribution is -0.123. The van der Waals surface area contributed by atoms with Gasteiger partial charge in [-0.3, -0.25) is 4.79 Å². The number of ether oxygens (including phenoxy) is 1. The molecular weight excluding hydrogens is 418 g/mol. The van der Waals surface area contributed by atoms with Gasteiger partial charge < -0.3 is 21.5 Å². The van der Waals surface area contributed by atoms with Crippen LogP contribution in [0.3, 0.4) is 0 Å².